The predicted octanol–water partition coefficient (Wildman–Crippen LogP) is -0.985. The van der Waals surface area contributed by atoms with Crippen molar-refractivity contribution in [3.05, 3.63) is 0 Å². The van der Waals surface area contributed by atoms with Crippen molar-refractivity contribution in [1.82, 2.24) is 0 Å². The third-order valence-electron chi connectivity index (χ3n) is 5.66. The molecule has 0 aliphatic carbocycles. The summed E-state index contributed by atoms with van der Waals surface area (Å²) in [5.41, 5.74) is 0. The summed E-state index contributed by atoms with van der Waals surface area (Å²) in [6, 6.07) is 0. The molecule has 1 N–H and O–H groups in total. The molecular formula is C21H36O13. The highest BCUT2D eigenvalue weighted by Crippen LogP contribution is 2.33. The summed E-state index contributed by atoms with van der Waals surface area (Å²) in [6.45, 7) is 2.38. The zero-order valence-electron chi connectivity index (χ0n) is 20.5. The first kappa shape index (κ1) is 28.8. The molecule has 13 heteroatoms. The van der Waals surface area contributed by atoms with Crippen LogP contribution < -0.4 is 0 Å². The van der Waals surface area contributed by atoms with Crippen molar-refractivity contribution < 1.29 is 62.1 Å². The topological polar surface area (TPSA) is 147 Å². The second-order valence-corrected chi connectivity index (χ2v) is 7.84. The summed E-state index contributed by atoms with van der Waals surface area (Å²) in [4.78, 5) is 23.1. The number of aliphatic hydroxyl groups is 1. The molecule has 34 heavy (non-hydrogen) atoms. The maximum absolute atomic E-state index is 11.9. The molecule has 2 aliphatic rings. The van der Waals surface area contributed by atoms with Crippen molar-refractivity contribution in [3.63, 3.8) is 0 Å². The van der Waals surface area contributed by atoms with Gasteiger partial charge in [0.2, 0.25) is 0 Å². The SMILES string of the molecule is COC[C@H]1O[C@@H](O[C@@H]2[C@@H](OC(C)=O)[C@H](OC)[C@@H](COC(C)=O)O[C@@H]2O)[C@H](OC)[C@@H](OC)[C@H]1OC. The normalized spacial score (nSPS) is 38.4. The smallest absolute Gasteiger partial charge is 0.303 e. The molecule has 13 nitrogen and oxygen atoms in total. The quantitative estimate of drug-likeness (QED) is 0.350. The molecule has 10 atom stereocenters. The molecule has 0 radical (unpaired) electrons. The van der Waals surface area contributed by atoms with E-state index >= 15 is 0 Å². The van der Waals surface area contributed by atoms with Crippen LogP contribution in [0.1, 0.15) is 13.8 Å². The first-order valence-electron chi connectivity index (χ1n) is 10.8. The molecule has 0 amide bonds. The van der Waals surface area contributed by atoms with Crippen molar-refractivity contribution in [1.29, 1.82) is 0 Å². The highest BCUT2D eigenvalue weighted by molar-refractivity contribution is 5.66. The van der Waals surface area contributed by atoms with Crippen LogP contribution >= 0.6 is 0 Å². The van der Waals surface area contributed by atoms with Gasteiger partial charge in [-0.3, -0.25) is 9.59 Å². The van der Waals surface area contributed by atoms with E-state index in [4.69, 9.17) is 47.4 Å². The van der Waals surface area contributed by atoms with Gasteiger partial charge >= 0.3 is 11.9 Å². The lowest BCUT2D eigenvalue weighted by Gasteiger charge is -2.48. The van der Waals surface area contributed by atoms with Crippen LogP contribution in [0.2, 0.25) is 0 Å². The highest BCUT2D eigenvalue weighted by Gasteiger charge is 2.54. The summed E-state index contributed by atoms with van der Waals surface area (Å²) >= 11 is 0. The van der Waals surface area contributed by atoms with E-state index in [1.54, 1.807) is 0 Å². The number of carbonyl (C=O) groups is 2. The summed E-state index contributed by atoms with van der Waals surface area (Å²) < 4.78 is 55.7. The zero-order valence-corrected chi connectivity index (χ0v) is 20.5. The Hall–Kier alpha value is -1.42. The molecule has 0 spiro atoms. The Morgan fingerprint density at radius 2 is 1.26 bits per heavy atom. The predicted molar refractivity (Wildman–Crippen MR) is 112 cm³/mol. The lowest BCUT2D eigenvalue weighted by atomic mass is 9.96. The van der Waals surface area contributed by atoms with Gasteiger partial charge in [0.05, 0.1) is 6.61 Å². The first-order chi connectivity index (χ1) is 16.2. The lowest BCUT2D eigenvalue weighted by Crippen LogP contribution is -2.66. The number of hydrogen-bond acceptors (Lipinski definition) is 13. The maximum Gasteiger partial charge on any atom is 0.303 e. The molecule has 2 rings (SSSR count). The van der Waals surface area contributed by atoms with Gasteiger partial charge in [-0.2, -0.15) is 0 Å². The Kier molecular flexibility index (Phi) is 11.5. The van der Waals surface area contributed by atoms with Crippen LogP contribution in [-0.4, -0.2) is 127 Å². The number of carbonyl (C=O) groups excluding carboxylic acids is 2. The molecule has 2 heterocycles. The van der Waals surface area contributed by atoms with Gasteiger partial charge in [-0.05, 0) is 0 Å². The van der Waals surface area contributed by atoms with E-state index in [2.05, 4.69) is 0 Å². The fourth-order valence-electron chi connectivity index (χ4n) is 4.23. The van der Waals surface area contributed by atoms with Crippen LogP contribution in [-0.2, 0) is 57.0 Å². The first-order valence-corrected chi connectivity index (χ1v) is 10.8. The number of ether oxygens (including phenoxy) is 10. The van der Waals surface area contributed by atoms with Gasteiger partial charge in [0.25, 0.3) is 0 Å². The van der Waals surface area contributed by atoms with Crippen LogP contribution in [0, 0.1) is 0 Å². The summed E-state index contributed by atoms with van der Waals surface area (Å²) in [5.74, 6) is -1.18. The van der Waals surface area contributed by atoms with Gasteiger partial charge < -0.3 is 52.5 Å². The number of rotatable bonds is 11. The third kappa shape index (κ3) is 6.83. The third-order valence-corrected chi connectivity index (χ3v) is 5.66. The molecular weight excluding hydrogens is 460 g/mol. The van der Waals surface area contributed by atoms with Crippen molar-refractivity contribution in [2.45, 2.75) is 75.3 Å². The van der Waals surface area contributed by atoms with E-state index in [1.807, 2.05) is 0 Å². The Labute approximate surface area is 198 Å². The molecule has 198 valence electrons. The van der Waals surface area contributed by atoms with Gasteiger partial charge in [0, 0.05) is 49.4 Å². The number of hydrogen-bond donors (Lipinski definition) is 1. The molecule has 2 saturated heterocycles. The number of methoxy groups -OCH3 is 5. The molecule has 0 aromatic heterocycles. The molecule has 2 fully saturated rings. The van der Waals surface area contributed by atoms with Crippen LogP contribution in [0.3, 0.4) is 0 Å². The van der Waals surface area contributed by atoms with Crippen molar-refractivity contribution in [2.75, 3.05) is 48.8 Å². The largest absolute Gasteiger partial charge is 0.463 e. The second kappa shape index (κ2) is 13.6. The molecule has 0 saturated carbocycles. The molecule has 0 aromatic rings. The van der Waals surface area contributed by atoms with Crippen molar-refractivity contribution in [3.8, 4) is 0 Å². The minimum Gasteiger partial charge on any atom is -0.463 e. The van der Waals surface area contributed by atoms with Crippen molar-refractivity contribution >= 4 is 11.9 Å². The molecule has 0 aromatic carbocycles. The van der Waals surface area contributed by atoms with Crippen molar-refractivity contribution in [2.24, 2.45) is 0 Å². The summed E-state index contributed by atoms with van der Waals surface area (Å²) in [5, 5.41) is 10.8. The molecule has 2 aliphatic heterocycles. The van der Waals surface area contributed by atoms with Gasteiger partial charge in [0.15, 0.2) is 24.8 Å². The van der Waals surface area contributed by atoms with Crippen LogP contribution in [0.4, 0.5) is 0 Å². The average Bonchev–Trinajstić information content (AvgIpc) is 2.79. The van der Waals surface area contributed by atoms with E-state index in [0.717, 1.165) is 0 Å². The Morgan fingerprint density at radius 1 is 0.706 bits per heavy atom. The minimum absolute atomic E-state index is 0.164. The second-order valence-electron chi connectivity index (χ2n) is 7.84. The van der Waals surface area contributed by atoms with Gasteiger partial charge in [-0.15, -0.1) is 0 Å². The Morgan fingerprint density at radius 3 is 1.76 bits per heavy atom. The number of aliphatic hydroxyl groups excluding tert-OH is 1. The van der Waals surface area contributed by atoms with Crippen LogP contribution in [0.15, 0.2) is 0 Å². The lowest BCUT2D eigenvalue weighted by molar-refractivity contribution is -0.367. The summed E-state index contributed by atoms with van der Waals surface area (Å²) in [6.07, 6.45) is -9.44. The average molecular weight is 497 g/mol. The molecule has 0 bridgehead atoms. The maximum atomic E-state index is 11.9. The van der Waals surface area contributed by atoms with Crippen LogP contribution in [0.5, 0.6) is 0 Å². The monoisotopic (exact) mass is 496 g/mol. The van der Waals surface area contributed by atoms with E-state index in [0.29, 0.717) is 0 Å². The Bertz CT molecular complexity index is 646. The van der Waals surface area contributed by atoms with Gasteiger partial charge in [0.1, 0.15) is 43.2 Å². The van der Waals surface area contributed by atoms with E-state index in [9.17, 15) is 14.7 Å². The fourth-order valence-corrected chi connectivity index (χ4v) is 4.23. The number of esters is 2. The summed E-state index contributed by atoms with van der Waals surface area (Å²) in [7, 11) is 7.34. The fraction of sp³-hybridized carbons (Fsp3) is 0.905. The van der Waals surface area contributed by atoms with Gasteiger partial charge in [-0.1, -0.05) is 0 Å². The highest BCUT2D eigenvalue weighted by atomic mass is 16.8. The minimum atomic E-state index is -1.58. The van der Waals surface area contributed by atoms with Gasteiger partial charge in [-0.25, -0.2) is 0 Å². The standard InChI is InChI=1S/C21H36O13/c1-10(22)30-9-13-15(27-5)17(31-11(2)23)18(20(24)32-13)34-21-19(29-7)16(28-6)14(26-4)12(33-21)8-25-3/h12-21,24H,8-9H2,1-7H3/t12-,13-,14+,15-,16+,17+,18-,19-,20+,21+/m1/s1. The van der Waals surface area contributed by atoms with E-state index in [1.165, 1.54) is 49.4 Å². The zero-order chi connectivity index (χ0) is 25.4. The molecule has 0 unspecified atom stereocenters. The van der Waals surface area contributed by atoms with E-state index < -0.39 is 73.4 Å². The van der Waals surface area contributed by atoms with Crippen LogP contribution in [0.25, 0.3) is 0 Å². The van der Waals surface area contributed by atoms with E-state index in [-0.39, 0.29) is 13.2 Å². The Balaban J connectivity index is 2.32.